The largest absolute Gasteiger partial charge is 0.493 e. The monoisotopic (exact) mass is 355 g/mol. The standard InChI is InChI=1S/C16H21N3O4.ClH/c1-22-14-10-12(2-4-13(14)23-11-15(17)20)3-5-16(21)19-8-6-18-7-9-19;/h2-5,10,18H,6-9,11H2,1H3,(H2,17,20);1H. The fraction of sp³-hybridized carbons (Fsp3) is 0.375. The molecule has 0 aliphatic carbocycles. The number of methoxy groups -OCH3 is 1. The summed E-state index contributed by atoms with van der Waals surface area (Å²) < 4.78 is 10.5. The number of carbonyl (C=O) groups is 2. The molecule has 1 heterocycles. The molecule has 24 heavy (non-hydrogen) atoms. The average molecular weight is 356 g/mol. The second kappa shape index (κ2) is 9.79. The molecule has 1 aliphatic heterocycles. The maximum atomic E-state index is 12.1. The highest BCUT2D eigenvalue weighted by Gasteiger charge is 2.13. The molecule has 1 aliphatic rings. The maximum absolute atomic E-state index is 12.1. The molecule has 0 atom stereocenters. The Balaban J connectivity index is 0.00000288. The number of nitrogens with two attached hydrogens (primary N) is 1. The lowest BCUT2D eigenvalue weighted by atomic mass is 10.2. The van der Waals surface area contributed by atoms with Crippen molar-refractivity contribution in [3.8, 4) is 11.5 Å². The van der Waals surface area contributed by atoms with Crippen LogP contribution in [0.1, 0.15) is 5.56 Å². The van der Waals surface area contributed by atoms with Gasteiger partial charge < -0.3 is 25.4 Å². The average Bonchev–Trinajstić information content (AvgIpc) is 2.58. The normalized spacial score (nSPS) is 14.1. The van der Waals surface area contributed by atoms with E-state index >= 15 is 0 Å². The first-order chi connectivity index (χ1) is 11.1. The quantitative estimate of drug-likeness (QED) is 0.721. The molecule has 1 fully saturated rings. The molecule has 2 rings (SSSR count). The number of nitrogens with one attached hydrogen (secondary N) is 1. The van der Waals surface area contributed by atoms with Gasteiger partial charge in [0.15, 0.2) is 18.1 Å². The van der Waals surface area contributed by atoms with Crippen molar-refractivity contribution in [1.29, 1.82) is 0 Å². The molecule has 0 saturated carbocycles. The van der Waals surface area contributed by atoms with Crippen molar-refractivity contribution in [2.45, 2.75) is 0 Å². The number of halogens is 1. The Hall–Kier alpha value is -2.25. The van der Waals surface area contributed by atoms with Gasteiger partial charge in [-0.1, -0.05) is 6.07 Å². The van der Waals surface area contributed by atoms with E-state index in [0.717, 1.165) is 18.7 Å². The molecule has 0 radical (unpaired) electrons. The highest BCUT2D eigenvalue weighted by atomic mass is 35.5. The fourth-order valence-corrected chi connectivity index (χ4v) is 2.21. The molecule has 0 aromatic heterocycles. The van der Waals surface area contributed by atoms with Gasteiger partial charge in [0, 0.05) is 32.3 Å². The number of rotatable bonds is 6. The number of piperazine rings is 1. The number of hydrogen-bond acceptors (Lipinski definition) is 5. The summed E-state index contributed by atoms with van der Waals surface area (Å²) in [6, 6.07) is 5.19. The molecule has 1 aromatic rings. The summed E-state index contributed by atoms with van der Waals surface area (Å²) in [7, 11) is 1.51. The van der Waals surface area contributed by atoms with Crippen LogP contribution in [0, 0.1) is 0 Å². The maximum Gasteiger partial charge on any atom is 0.255 e. The van der Waals surface area contributed by atoms with Crippen LogP contribution < -0.4 is 20.5 Å². The summed E-state index contributed by atoms with van der Waals surface area (Å²) in [5.41, 5.74) is 5.85. The van der Waals surface area contributed by atoms with Gasteiger partial charge in [0.2, 0.25) is 5.91 Å². The minimum absolute atomic E-state index is 0. The Bertz CT molecular complexity index is 601. The third-order valence-electron chi connectivity index (χ3n) is 3.40. The summed E-state index contributed by atoms with van der Waals surface area (Å²) in [6.07, 6.45) is 3.27. The summed E-state index contributed by atoms with van der Waals surface area (Å²) in [4.78, 5) is 24.6. The van der Waals surface area contributed by atoms with Gasteiger partial charge in [-0.15, -0.1) is 12.4 Å². The lowest BCUT2D eigenvalue weighted by Crippen LogP contribution is -2.45. The van der Waals surface area contributed by atoms with E-state index in [1.165, 1.54) is 7.11 Å². The van der Waals surface area contributed by atoms with E-state index in [9.17, 15) is 9.59 Å². The summed E-state index contributed by atoms with van der Waals surface area (Å²) in [5.74, 6) is 0.331. The second-order valence-corrected chi connectivity index (χ2v) is 5.07. The van der Waals surface area contributed by atoms with Gasteiger partial charge in [0.25, 0.3) is 5.91 Å². The van der Waals surface area contributed by atoms with Crippen molar-refractivity contribution < 1.29 is 19.1 Å². The molecule has 7 nitrogen and oxygen atoms in total. The van der Waals surface area contributed by atoms with Gasteiger partial charge in [-0.25, -0.2) is 0 Å². The zero-order chi connectivity index (χ0) is 16.7. The Morgan fingerprint density at radius 2 is 2.00 bits per heavy atom. The van der Waals surface area contributed by atoms with Gasteiger partial charge >= 0.3 is 0 Å². The molecule has 2 amide bonds. The van der Waals surface area contributed by atoms with E-state index in [-0.39, 0.29) is 24.9 Å². The number of benzene rings is 1. The molecule has 132 valence electrons. The SMILES string of the molecule is COc1cc(C=CC(=O)N2CCNCC2)ccc1OCC(N)=O.Cl. The molecular formula is C16H22ClN3O4. The Morgan fingerprint density at radius 3 is 2.62 bits per heavy atom. The molecule has 0 spiro atoms. The summed E-state index contributed by atoms with van der Waals surface area (Å²) in [6.45, 7) is 2.85. The van der Waals surface area contributed by atoms with E-state index in [2.05, 4.69) is 5.32 Å². The van der Waals surface area contributed by atoms with E-state index < -0.39 is 5.91 Å². The van der Waals surface area contributed by atoms with Crippen LogP contribution in [0.2, 0.25) is 0 Å². The minimum Gasteiger partial charge on any atom is -0.493 e. The lowest BCUT2D eigenvalue weighted by molar-refractivity contribution is -0.126. The molecule has 1 saturated heterocycles. The van der Waals surface area contributed by atoms with Crippen LogP contribution in [-0.4, -0.2) is 56.6 Å². The van der Waals surface area contributed by atoms with Crippen LogP contribution in [-0.2, 0) is 9.59 Å². The molecular weight excluding hydrogens is 334 g/mol. The van der Waals surface area contributed by atoms with Crippen LogP contribution in [0.3, 0.4) is 0 Å². The van der Waals surface area contributed by atoms with Gasteiger partial charge in [-0.05, 0) is 23.8 Å². The molecule has 0 bridgehead atoms. The molecule has 1 aromatic carbocycles. The van der Waals surface area contributed by atoms with Crippen molar-refractivity contribution in [3.63, 3.8) is 0 Å². The molecule has 0 unspecified atom stereocenters. The number of carbonyl (C=O) groups excluding carboxylic acids is 2. The van der Waals surface area contributed by atoms with Crippen molar-refractivity contribution in [2.75, 3.05) is 39.9 Å². The zero-order valence-electron chi connectivity index (χ0n) is 13.5. The number of hydrogen-bond donors (Lipinski definition) is 2. The van der Waals surface area contributed by atoms with Crippen LogP contribution in [0.4, 0.5) is 0 Å². The van der Waals surface area contributed by atoms with E-state index in [1.807, 2.05) is 0 Å². The van der Waals surface area contributed by atoms with Gasteiger partial charge in [0.05, 0.1) is 7.11 Å². The highest BCUT2D eigenvalue weighted by Crippen LogP contribution is 2.28. The fourth-order valence-electron chi connectivity index (χ4n) is 2.21. The highest BCUT2D eigenvalue weighted by molar-refractivity contribution is 5.92. The topological polar surface area (TPSA) is 93.9 Å². The Kier molecular flexibility index (Phi) is 8.08. The van der Waals surface area contributed by atoms with Gasteiger partial charge in [-0.2, -0.15) is 0 Å². The minimum atomic E-state index is -0.558. The van der Waals surface area contributed by atoms with Gasteiger partial charge in [0.1, 0.15) is 0 Å². The van der Waals surface area contributed by atoms with Crippen LogP contribution in [0.5, 0.6) is 11.5 Å². The van der Waals surface area contributed by atoms with Crippen LogP contribution >= 0.6 is 12.4 Å². The predicted molar refractivity (Wildman–Crippen MR) is 93.4 cm³/mol. The third-order valence-corrected chi connectivity index (χ3v) is 3.40. The van der Waals surface area contributed by atoms with E-state index in [1.54, 1.807) is 35.3 Å². The first-order valence-corrected chi connectivity index (χ1v) is 7.37. The van der Waals surface area contributed by atoms with Crippen molar-refractivity contribution in [1.82, 2.24) is 10.2 Å². The number of primary amides is 1. The third kappa shape index (κ3) is 5.75. The van der Waals surface area contributed by atoms with Crippen molar-refractivity contribution >= 4 is 30.3 Å². The number of amides is 2. The molecule has 8 heteroatoms. The summed E-state index contributed by atoms with van der Waals surface area (Å²) >= 11 is 0. The van der Waals surface area contributed by atoms with Crippen LogP contribution in [0.15, 0.2) is 24.3 Å². The van der Waals surface area contributed by atoms with Crippen molar-refractivity contribution in [3.05, 3.63) is 29.8 Å². The zero-order valence-corrected chi connectivity index (χ0v) is 14.3. The van der Waals surface area contributed by atoms with Crippen LogP contribution in [0.25, 0.3) is 6.08 Å². The number of ether oxygens (including phenoxy) is 2. The summed E-state index contributed by atoms with van der Waals surface area (Å²) in [5, 5.41) is 3.20. The van der Waals surface area contributed by atoms with Gasteiger partial charge in [-0.3, -0.25) is 9.59 Å². The first kappa shape index (κ1) is 19.8. The van der Waals surface area contributed by atoms with E-state index in [4.69, 9.17) is 15.2 Å². The first-order valence-electron chi connectivity index (χ1n) is 7.37. The smallest absolute Gasteiger partial charge is 0.255 e. The van der Waals surface area contributed by atoms with Crippen molar-refractivity contribution in [2.24, 2.45) is 5.73 Å². The Morgan fingerprint density at radius 1 is 1.29 bits per heavy atom. The lowest BCUT2D eigenvalue weighted by Gasteiger charge is -2.26. The predicted octanol–water partition coefficient (Wildman–Crippen LogP) is 0.426. The second-order valence-electron chi connectivity index (χ2n) is 5.07. The molecule has 3 N–H and O–H groups in total. The Labute approximate surface area is 147 Å². The number of nitrogens with zero attached hydrogens (tertiary/aromatic N) is 1. The van der Waals surface area contributed by atoms with E-state index in [0.29, 0.717) is 24.6 Å².